The summed E-state index contributed by atoms with van der Waals surface area (Å²) in [5.41, 5.74) is 1.73. The Bertz CT molecular complexity index is 377. The van der Waals surface area contributed by atoms with Gasteiger partial charge in [0.1, 0.15) is 5.82 Å². The van der Waals surface area contributed by atoms with E-state index in [0.717, 1.165) is 31.6 Å². The van der Waals surface area contributed by atoms with Crippen molar-refractivity contribution in [3.63, 3.8) is 0 Å². The molecule has 2 nitrogen and oxygen atoms in total. The lowest BCUT2D eigenvalue weighted by Gasteiger charge is -2.24. The van der Waals surface area contributed by atoms with Crippen LogP contribution in [0.2, 0.25) is 0 Å². The molecule has 0 aliphatic rings. The van der Waals surface area contributed by atoms with Crippen molar-refractivity contribution in [2.24, 2.45) is 0 Å². The van der Waals surface area contributed by atoms with Crippen LogP contribution in [0, 0.1) is 5.82 Å². The number of anilines is 1. The average Bonchev–Trinajstić information content (AvgIpc) is 2.37. The Morgan fingerprint density at radius 2 is 2.06 bits per heavy atom. The first-order valence-electron chi connectivity index (χ1n) is 6.55. The first-order chi connectivity index (χ1) is 8.69. The van der Waals surface area contributed by atoms with Crippen molar-refractivity contribution in [3.05, 3.63) is 42.2 Å². The predicted octanol–water partition coefficient (Wildman–Crippen LogP) is 3.21. The lowest BCUT2D eigenvalue weighted by Crippen LogP contribution is -2.29. The zero-order valence-electron chi connectivity index (χ0n) is 11.4. The third-order valence-electron chi connectivity index (χ3n) is 2.79. The summed E-state index contributed by atoms with van der Waals surface area (Å²) in [6.45, 7) is 11.4. The number of para-hydroxylation sites is 1. The second kappa shape index (κ2) is 7.88. The van der Waals surface area contributed by atoms with Crippen molar-refractivity contribution in [2.75, 3.05) is 31.1 Å². The molecule has 1 N–H and O–H groups in total. The first kappa shape index (κ1) is 14.7. The maximum absolute atomic E-state index is 13.7. The van der Waals surface area contributed by atoms with Crippen LogP contribution in [-0.2, 0) is 0 Å². The van der Waals surface area contributed by atoms with Crippen LogP contribution >= 0.6 is 0 Å². The van der Waals surface area contributed by atoms with Gasteiger partial charge < -0.3 is 10.2 Å². The number of likely N-dealkylation sites (N-methyl/N-ethyl adjacent to an activating group) is 1. The molecule has 0 saturated carbocycles. The largest absolute Gasteiger partial charge is 0.365 e. The minimum atomic E-state index is -0.173. The molecule has 1 rings (SSSR count). The number of hydrogen-bond acceptors (Lipinski definition) is 2. The number of nitrogens with zero attached hydrogens (tertiary/aromatic N) is 1. The topological polar surface area (TPSA) is 15.3 Å². The standard InChI is InChI=1S/C15H23FN2/c1-4-10-17-11-13(3)12-18(5-2)15-9-7-6-8-14(15)16/h6-9,17H,3-5,10-12H2,1-2H3. The molecule has 0 spiro atoms. The van der Waals surface area contributed by atoms with Gasteiger partial charge >= 0.3 is 0 Å². The summed E-state index contributed by atoms with van der Waals surface area (Å²) in [6, 6.07) is 6.88. The van der Waals surface area contributed by atoms with Gasteiger partial charge in [-0.15, -0.1) is 0 Å². The van der Waals surface area contributed by atoms with Crippen LogP contribution in [0.15, 0.2) is 36.4 Å². The molecule has 0 amide bonds. The number of rotatable bonds is 8. The van der Waals surface area contributed by atoms with Gasteiger partial charge in [-0.3, -0.25) is 0 Å². The summed E-state index contributed by atoms with van der Waals surface area (Å²) in [5.74, 6) is -0.173. The molecule has 3 heteroatoms. The molecular formula is C15H23FN2. The minimum absolute atomic E-state index is 0.173. The molecule has 0 atom stereocenters. The van der Waals surface area contributed by atoms with Crippen LogP contribution in [0.4, 0.5) is 10.1 Å². The number of benzene rings is 1. The van der Waals surface area contributed by atoms with E-state index in [4.69, 9.17) is 0 Å². The van der Waals surface area contributed by atoms with Gasteiger partial charge in [-0.2, -0.15) is 0 Å². The van der Waals surface area contributed by atoms with Crippen LogP contribution < -0.4 is 10.2 Å². The van der Waals surface area contributed by atoms with Crippen LogP contribution in [0.5, 0.6) is 0 Å². The Labute approximate surface area is 110 Å². The van der Waals surface area contributed by atoms with E-state index in [1.165, 1.54) is 6.07 Å². The van der Waals surface area contributed by atoms with Crippen molar-refractivity contribution in [1.82, 2.24) is 5.32 Å². The fourth-order valence-corrected chi connectivity index (χ4v) is 1.84. The summed E-state index contributed by atoms with van der Waals surface area (Å²) in [4.78, 5) is 2.01. The highest BCUT2D eigenvalue weighted by molar-refractivity contribution is 5.48. The molecular weight excluding hydrogens is 227 g/mol. The van der Waals surface area contributed by atoms with Gasteiger partial charge in [0.2, 0.25) is 0 Å². The van der Waals surface area contributed by atoms with Gasteiger partial charge in [0.05, 0.1) is 5.69 Å². The summed E-state index contributed by atoms with van der Waals surface area (Å²) in [5, 5.41) is 3.31. The molecule has 1 aromatic rings. The lowest BCUT2D eigenvalue weighted by molar-refractivity contribution is 0.619. The third-order valence-corrected chi connectivity index (χ3v) is 2.79. The van der Waals surface area contributed by atoms with Gasteiger partial charge in [-0.25, -0.2) is 4.39 Å². The summed E-state index contributed by atoms with van der Waals surface area (Å²) in [7, 11) is 0. The van der Waals surface area contributed by atoms with Crippen LogP contribution in [0.1, 0.15) is 20.3 Å². The van der Waals surface area contributed by atoms with Crippen LogP contribution in [0.3, 0.4) is 0 Å². The van der Waals surface area contributed by atoms with E-state index in [1.807, 2.05) is 24.0 Å². The molecule has 0 bridgehead atoms. The smallest absolute Gasteiger partial charge is 0.146 e. The molecule has 0 aliphatic heterocycles. The molecule has 0 aliphatic carbocycles. The molecule has 0 radical (unpaired) electrons. The SMILES string of the molecule is C=C(CNCCC)CN(CC)c1ccccc1F. The Morgan fingerprint density at radius 3 is 2.67 bits per heavy atom. The number of hydrogen-bond donors (Lipinski definition) is 1. The molecule has 18 heavy (non-hydrogen) atoms. The van der Waals surface area contributed by atoms with Crippen molar-refractivity contribution in [2.45, 2.75) is 20.3 Å². The van der Waals surface area contributed by atoms with Gasteiger partial charge in [-0.1, -0.05) is 25.6 Å². The zero-order valence-corrected chi connectivity index (χ0v) is 11.4. The van der Waals surface area contributed by atoms with Crippen LogP contribution in [0.25, 0.3) is 0 Å². The van der Waals surface area contributed by atoms with E-state index in [2.05, 4.69) is 18.8 Å². The summed E-state index contributed by atoms with van der Waals surface area (Å²) < 4.78 is 13.7. The molecule has 0 aromatic heterocycles. The van der Waals surface area contributed by atoms with Crippen molar-refractivity contribution >= 4 is 5.69 Å². The Kier molecular flexibility index (Phi) is 6.44. The molecule has 0 saturated heterocycles. The fourth-order valence-electron chi connectivity index (χ4n) is 1.84. The summed E-state index contributed by atoms with van der Waals surface area (Å²) >= 11 is 0. The van der Waals surface area contributed by atoms with Gasteiger partial charge in [0.25, 0.3) is 0 Å². The second-order valence-electron chi connectivity index (χ2n) is 4.39. The van der Waals surface area contributed by atoms with E-state index in [0.29, 0.717) is 12.2 Å². The van der Waals surface area contributed by atoms with Crippen molar-refractivity contribution in [1.29, 1.82) is 0 Å². The Morgan fingerprint density at radius 1 is 1.33 bits per heavy atom. The van der Waals surface area contributed by atoms with E-state index in [9.17, 15) is 4.39 Å². The molecule has 0 heterocycles. The first-order valence-corrected chi connectivity index (χ1v) is 6.55. The van der Waals surface area contributed by atoms with E-state index >= 15 is 0 Å². The molecule has 100 valence electrons. The number of halogens is 1. The van der Waals surface area contributed by atoms with Gasteiger partial charge in [0, 0.05) is 19.6 Å². The van der Waals surface area contributed by atoms with Crippen molar-refractivity contribution < 1.29 is 4.39 Å². The normalized spacial score (nSPS) is 10.4. The van der Waals surface area contributed by atoms with E-state index in [-0.39, 0.29) is 5.82 Å². The van der Waals surface area contributed by atoms with Gasteiger partial charge in [-0.05, 0) is 37.6 Å². The molecule has 0 fully saturated rings. The highest BCUT2D eigenvalue weighted by atomic mass is 19.1. The highest BCUT2D eigenvalue weighted by Crippen LogP contribution is 2.18. The Balaban J connectivity index is 2.57. The maximum atomic E-state index is 13.7. The van der Waals surface area contributed by atoms with Crippen LogP contribution in [-0.4, -0.2) is 26.2 Å². The summed E-state index contributed by atoms with van der Waals surface area (Å²) in [6.07, 6.45) is 1.11. The van der Waals surface area contributed by atoms with E-state index in [1.54, 1.807) is 6.07 Å². The number of nitrogens with one attached hydrogen (secondary N) is 1. The fraction of sp³-hybridized carbons (Fsp3) is 0.467. The lowest BCUT2D eigenvalue weighted by atomic mass is 10.2. The second-order valence-corrected chi connectivity index (χ2v) is 4.39. The third kappa shape index (κ3) is 4.49. The zero-order chi connectivity index (χ0) is 13.4. The monoisotopic (exact) mass is 250 g/mol. The minimum Gasteiger partial charge on any atom is -0.365 e. The van der Waals surface area contributed by atoms with Crippen molar-refractivity contribution in [3.8, 4) is 0 Å². The maximum Gasteiger partial charge on any atom is 0.146 e. The quantitative estimate of drug-likeness (QED) is 0.563. The predicted molar refractivity (Wildman–Crippen MR) is 76.6 cm³/mol. The molecule has 1 aromatic carbocycles. The van der Waals surface area contributed by atoms with E-state index < -0.39 is 0 Å². The average molecular weight is 250 g/mol. The molecule has 0 unspecified atom stereocenters. The van der Waals surface area contributed by atoms with Gasteiger partial charge in [0.15, 0.2) is 0 Å². The highest BCUT2D eigenvalue weighted by Gasteiger charge is 2.09. The Hall–Kier alpha value is -1.35.